The Bertz CT molecular complexity index is 514. The van der Waals surface area contributed by atoms with E-state index in [-0.39, 0.29) is 31.3 Å². The summed E-state index contributed by atoms with van der Waals surface area (Å²) in [6.07, 6.45) is 0.911. The van der Waals surface area contributed by atoms with Crippen LogP contribution in [0, 0.1) is 0 Å². The van der Waals surface area contributed by atoms with Crippen LogP contribution in [0.5, 0.6) is 0 Å². The number of methoxy groups -OCH3 is 1. The molecule has 1 saturated heterocycles. The minimum absolute atomic E-state index is 0.0320. The van der Waals surface area contributed by atoms with Gasteiger partial charge in [0.2, 0.25) is 11.8 Å². The lowest BCUT2D eigenvalue weighted by Gasteiger charge is -2.20. The van der Waals surface area contributed by atoms with Crippen LogP contribution in [-0.2, 0) is 25.5 Å². The maximum Gasteiger partial charge on any atom is 0.323 e. The van der Waals surface area contributed by atoms with Gasteiger partial charge in [-0.15, -0.1) is 0 Å². The van der Waals surface area contributed by atoms with Crippen molar-refractivity contribution >= 4 is 17.8 Å². The third kappa shape index (κ3) is 3.88. The van der Waals surface area contributed by atoms with Crippen LogP contribution in [-0.4, -0.2) is 42.5 Å². The number of hydrogen-bond acceptors (Lipinski definition) is 5. The molecule has 0 aliphatic carbocycles. The van der Waals surface area contributed by atoms with Gasteiger partial charge in [-0.1, -0.05) is 30.3 Å². The maximum absolute atomic E-state index is 11.8. The van der Waals surface area contributed by atoms with E-state index < -0.39 is 12.0 Å². The number of esters is 1. The van der Waals surface area contributed by atoms with Gasteiger partial charge in [-0.2, -0.15) is 0 Å². The predicted octanol–water partition coefficient (Wildman–Crippen LogP) is 0.467. The molecule has 112 valence electrons. The van der Waals surface area contributed by atoms with Crippen LogP contribution in [0.15, 0.2) is 30.3 Å². The van der Waals surface area contributed by atoms with E-state index in [0.29, 0.717) is 6.42 Å². The molecule has 1 aromatic rings. The molecule has 6 nitrogen and oxygen atoms in total. The van der Waals surface area contributed by atoms with Crippen LogP contribution in [0.2, 0.25) is 0 Å². The summed E-state index contributed by atoms with van der Waals surface area (Å²) < 4.78 is 4.76. The van der Waals surface area contributed by atoms with Gasteiger partial charge in [0.1, 0.15) is 6.04 Å². The predicted molar refractivity (Wildman–Crippen MR) is 75.0 cm³/mol. The Labute approximate surface area is 123 Å². The Morgan fingerprint density at radius 1 is 1.24 bits per heavy atom. The average molecular weight is 290 g/mol. The highest BCUT2D eigenvalue weighted by Crippen LogP contribution is 2.11. The first kappa shape index (κ1) is 15.2. The van der Waals surface area contributed by atoms with Gasteiger partial charge in [0.15, 0.2) is 0 Å². The number of hydrogen-bond donors (Lipinski definition) is 1. The molecule has 0 saturated carbocycles. The number of rotatable bonds is 6. The molecule has 1 aromatic carbocycles. The lowest BCUT2D eigenvalue weighted by molar-refractivity contribution is -0.145. The number of nitrogens with zero attached hydrogens (tertiary/aromatic N) is 1. The first-order valence-corrected chi connectivity index (χ1v) is 6.80. The number of imide groups is 1. The van der Waals surface area contributed by atoms with Crippen LogP contribution < -0.4 is 5.32 Å². The van der Waals surface area contributed by atoms with Crippen LogP contribution >= 0.6 is 0 Å². The molecular formula is C15H18N2O4. The molecule has 1 atom stereocenters. The van der Waals surface area contributed by atoms with Gasteiger partial charge in [-0.3, -0.25) is 24.6 Å². The lowest BCUT2D eigenvalue weighted by atomic mass is 10.1. The van der Waals surface area contributed by atoms with Gasteiger partial charge in [0.05, 0.1) is 13.8 Å². The standard InChI is InChI=1S/C15H18N2O4/c1-21-15(20)12(9-11-5-3-2-4-6-11)16-10-17-13(18)7-8-14(17)19/h2-6,12,16H,7-10H2,1H3. The van der Waals surface area contributed by atoms with Crippen molar-refractivity contribution in [3.05, 3.63) is 35.9 Å². The average Bonchev–Trinajstić information content (AvgIpc) is 2.82. The molecule has 1 unspecified atom stereocenters. The zero-order valence-corrected chi connectivity index (χ0v) is 11.9. The Hall–Kier alpha value is -2.21. The van der Waals surface area contributed by atoms with E-state index in [4.69, 9.17) is 4.74 Å². The fourth-order valence-corrected chi connectivity index (χ4v) is 2.23. The quantitative estimate of drug-likeness (QED) is 0.609. The number of ether oxygens (including phenoxy) is 1. The summed E-state index contributed by atoms with van der Waals surface area (Å²) in [6.45, 7) is 0.0320. The van der Waals surface area contributed by atoms with Crippen LogP contribution in [0.4, 0.5) is 0 Å². The van der Waals surface area contributed by atoms with Gasteiger partial charge in [0, 0.05) is 12.8 Å². The molecule has 1 aliphatic heterocycles. The highest BCUT2D eigenvalue weighted by molar-refractivity contribution is 6.01. The molecular weight excluding hydrogens is 272 g/mol. The SMILES string of the molecule is COC(=O)C(Cc1ccccc1)NCN1C(=O)CCC1=O. The van der Waals surface area contributed by atoms with Gasteiger partial charge < -0.3 is 4.74 Å². The van der Waals surface area contributed by atoms with Crippen LogP contribution in [0.1, 0.15) is 18.4 Å². The second-order valence-corrected chi connectivity index (χ2v) is 4.84. The Morgan fingerprint density at radius 2 is 1.86 bits per heavy atom. The van der Waals surface area contributed by atoms with Crippen molar-refractivity contribution in [3.8, 4) is 0 Å². The fourth-order valence-electron chi connectivity index (χ4n) is 2.23. The van der Waals surface area contributed by atoms with E-state index in [0.717, 1.165) is 10.5 Å². The summed E-state index contributed by atoms with van der Waals surface area (Å²) in [5, 5.41) is 2.93. The monoisotopic (exact) mass is 290 g/mol. The molecule has 1 N–H and O–H groups in total. The molecule has 1 heterocycles. The fraction of sp³-hybridized carbons (Fsp3) is 0.400. The summed E-state index contributed by atoms with van der Waals surface area (Å²) in [5.41, 5.74) is 0.972. The van der Waals surface area contributed by atoms with E-state index in [2.05, 4.69) is 5.32 Å². The molecule has 6 heteroatoms. The smallest absolute Gasteiger partial charge is 0.323 e. The Kier molecular flexibility index (Phi) is 5.05. The summed E-state index contributed by atoms with van der Waals surface area (Å²) >= 11 is 0. The zero-order valence-electron chi connectivity index (χ0n) is 11.9. The second kappa shape index (κ2) is 6.99. The second-order valence-electron chi connectivity index (χ2n) is 4.84. The van der Waals surface area contributed by atoms with Crippen molar-refractivity contribution in [2.45, 2.75) is 25.3 Å². The first-order chi connectivity index (χ1) is 10.1. The molecule has 0 spiro atoms. The van der Waals surface area contributed by atoms with E-state index in [9.17, 15) is 14.4 Å². The zero-order chi connectivity index (χ0) is 15.2. The van der Waals surface area contributed by atoms with Gasteiger partial charge in [-0.25, -0.2) is 0 Å². The van der Waals surface area contributed by atoms with Crippen molar-refractivity contribution in [3.63, 3.8) is 0 Å². The third-order valence-electron chi connectivity index (χ3n) is 3.42. The molecule has 2 amide bonds. The number of carbonyl (C=O) groups is 3. The highest BCUT2D eigenvalue weighted by atomic mass is 16.5. The maximum atomic E-state index is 11.8. The summed E-state index contributed by atoms with van der Waals surface area (Å²) in [5.74, 6) is -0.843. The van der Waals surface area contributed by atoms with E-state index in [1.54, 1.807) is 0 Å². The van der Waals surface area contributed by atoms with Crippen molar-refractivity contribution in [1.82, 2.24) is 10.2 Å². The molecule has 0 radical (unpaired) electrons. The normalized spacial score (nSPS) is 16.1. The van der Waals surface area contributed by atoms with Crippen LogP contribution in [0.3, 0.4) is 0 Å². The molecule has 2 rings (SSSR count). The lowest BCUT2D eigenvalue weighted by Crippen LogP contribution is -2.47. The topological polar surface area (TPSA) is 75.7 Å². The largest absolute Gasteiger partial charge is 0.468 e. The van der Waals surface area contributed by atoms with Crippen molar-refractivity contribution in [2.24, 2.45) is 0 Å². The van der Waals surface area contributed by atoms with E-state index in [1.807, 2.05) is 30.3 Å². The number of likely N-dealkylation sites (tertiary alicyclic amines) is 1. The van der Waals surface area contributed by atoms with E-state index >= 15 is 0 Å². The Balaban J connectivity index is 1.98. The van der Waals surface area contributed by atoms with Gasteiger partial charge in [0.25, 0.3) is 0 Å². The minimum atomic E-state index is -0.599. The summed E-state index contributed by atoms with van der Waals surface area (Å²) in [7, 11) is 1.31. The molecule has 0 bridgehead atoms. The summed E-state index contributed by atoms with van der Waals surface area (Å²) in [4.78, 5) is 36.0. The van der Waals surface area contributed by atoms with Gasteiger partial charge in [-0.05, 0) is 12.0 Å². The number of carbonyl (C=O) groups excluding carboxylic acids is 3. The van der Waals surface area contributed by atoms with Crippen molar-refractivity contribution in [2.75, 3.05) is 13.8 Å². The van der Waals surface area contributed by atoms with Crippen LogP contribution in [0.25, 0.3) is 0 Å². The minimum Gasteiger partial charge on any atom is -0.468 e. The summed E-state index contributed by atoms with van der Waals surface area (Å²) in [6, 6.07) is 8.88. The number of nitrogens with one attached hydrogen (secondary N) is 1. The first-order valence-electron chi connectivity index (χ1n) is 6.80. The molecule has 21 heavy (non-hydrogen) atoms. The molecule has 1 fully saturated rings. The highest BCUT2D eigenvalue weighted by Gasteiger charge is 2.30. The molecule has 1 aliphatic rings. The Morgan fingerprint density at radius 3 is 2.43 bits per heavy atom. The number of benzene rings is 1. The third-order valence-corrected chi connectivity index (χ3v) is 3.42. The number of amides is 2. The van der Waals surface area contributed by atoms with E-state index in [1.165, 1.54) is 7.11 Å². The van der Waals surface area contributed by atoms with Crippen molar-refractivity contribution in [1.29, 1.82) is 0 Å². The van der Waals surface area contributed by atoms with Gasteiger partial charge >= 0.3 is 5.97 Å². The molecule has 0 aromatic heterocycles. The van der Waals surface area contributed by atoms with Crippen molar-refractivity contribution < 1.29 is 19.1 Å².